The molecule has 5 nitrogen and oxygen atoms in total. The Hall–Kier alpha value is -1.78. The first kappa shape index (κ1) is 14.6. The Kier molecular flexibility index (Phi) is 4.16. The number of hydrogen-bond donors (Lipinski definition) is 1. The standard InChI is InChI=1S/C15H23N3O2/c1-11-5-6-12(9-16-11)17-13-7-8-18(10-13)14(19)20-15(2,3)4/h5-6,9,13,17H,7-8,10H2,1-4H3. The van der Waals surface area contributed by atoms with Crippen molar-refractivity contribution in [3.05, 3.63) is 24.0 Å². The summed E-state index contributed by atoms with van der Waals surface area (Å²) in [7, 11) is 0. The summed E-state index contributed by atoms with van der Waals surface area (Å²) < 4.78 is 5.38. The second-order valence-corrected chi connectivity index (χ2v) is 6.24. The second kappa shape index (κ2) is 5.69. The van der Waals surface area contributed by atoms with Crippen LogP contribution < -0.4 is 5.32 Å². The minimum absolute atomic E-state index is 0.233. The number of carbonyl (C=O) groups excluding carboxylic acids is 1. The largest absolute Gasteiger partial charge is 0.444 e. The molecule has 5 heteroatoms. The summed E-state index contributed by atoms with van der Waals surface area (Å²) in [6, 6.07) is 4.24. The lowest BCUT2D eigenvalue weighted by atomic mass is 10.2. The predicted octanol–water partition coefficient (Wildman–Crippen LogP) is 2.81. The number of anilines is 1. The molecule has 1 aromatic rings. The van der Waals surface area contributed by atoms with E-state index in [9.17, 15) is 4.79 Å². The van der Waals surface area contributed by atoms with E-state index in [1.807, 2.05) is 46.0 Å². The van der Waals surface area contributed by atoms with Crippen LogP contribution in [-0.4, -0.2) is 40.7 Å². The van der Waals surface area contributed by atoms with Gasteiger partial charge in [-0.2, -0.15) is 0 Å². The molecule has 0 bridgehead atoms. The van der Waals surface area contributed by atoms with Gasteiger partial charge in [0.2, 0.25) is 0 Å². The van der Waals surface area contributed by atoms with Crippen molar-refractivity contribution in [2.24, 2.45) is 0 Å². The molecule has 1 unspecified atom stereocenters. The number of pyridine rings is 1. The fraction of sp³-hybridized carbons (Fsp3) is 0.600. The summed E-state index contributed by atoms with van der Waals surface area (Å²) in [5.41, 5.74) is 1.55. The van der Waals surface area contributed by atoms with E-state index < -0.39 is 5.60 Å². The van der Waals surface area contributed by atoms with E-state index in [0.717, 1.165) is 24.3 Å². The van der Waals surface area contributed by atoms with Crippen molar-refractivity contribution in [2.75, 3.05) is 18.4 Å². The molecule has 1 fully saturated rings. The number of nitrogens with zero attached hydrogens (tertiary/aromatic N) is 2. The number of amides is 1. The van der Waals surface area contributed by atoms with Gasteiger partial charge in [-0.1, -0.05) is 0 Å². The van der Waals surface area contributed by atoms with Crippen molar-refractivity contribution in [2.45, 2.75) is 45.8 Å². The van der Waals surface area contributed by atoms with Gasteiger partial charge in [-0.05, 0) is 46.2 Å². The van der Waals surface area contributed by atoms with Crippen LogP contribution in [0.25, 0.3) is 0 Å². The van der Waals surface area contributed by atoms with Gasteiger partial charge in [0.15, 0.2) is 0 Å². The van der Waals surface area contributed by atoms with Gasteiger partial charge >= 0.3 is 6.09 Å². The van der Waals surface area contributed by atoms with E-state index >= 15 is 0 Å². The lowest BCUT2D eigenvalue weighted by molar-refractivity contribution is 0.0293. The van der Waals surface area contributed by atoms with E-state index in [1.165, 1.54) is 0 Å². The monoisotopic (exact) mass is 277 g/mol. The predicted molar refractivity (Wildman–Crippen MR) is 78.8 cm³/mol. The van der Waals surface area contributed by atoms with Gasteiger partial charge in [-0.15, -0.1) is 0 Å². The molecule has 1 aromatic heterocycles. The molecule has 2 heterocycles. The summed E-state index contributed by atoms with van der Waals surface area (Å²) in [6.07, 6.45) is 2.52. The summed E-state index contributed by atoms with van der Waals surface area (Å²) in [5.74, 6) is 0. The van der Waals surface area contributed by atoms with Gasteiger partial charge in [0.25, 0.3) is 0 Å². The summed E-state index contributed by atoms with van der Waals surface area (Å²) in [4.78, 5) is 18.0. The summed E-state index contributed by atoms with van der Waals surface area (Å²) in [5, 5.41) is 3.40. The smallest absolute Gasteiger partial charge is 0.410 e. The van der Waals surface area contributed by atoms with E-state index in [4.69, 9.17) is 4.74 Å². The number of rotatable bonds is 2. The van der Waals surface area contributed by atoms with Crippen LogP contribution in [-0.2, 0) is 4.74 Å². The van der Waals surface area contributed by atoms with Crippen molar-refractivity contribution in [1.29, 1.82) is 0 Å². The van der Waals surface area contributed by atoms with Gasteiger partial charge in [-0.25, -0.2) is 4.79 Å². The Bertz CT molecular complexity index is 465. The highest BCUT2D eigenvalue weighted by Crippen LogP contribution is 2.18. The zero-order valence-corrected chi connectivity index (χ0v) is 12.6. The minimum atomic E-state index is -0.441. The molecular weight excluding hydrogens is 254 g/mol. The molecule has 0 saturated carbocycles. The maximum Gasteiger partial charge on any atom is 0.410 e. The zero-order valence-electron chi connectivity index (χ0n) is 12.6. The third-order valence-electron chi connectivity index (χ3n) is 3.12. The topological polar surface area (TPSA) is 54.5 Å². The van der Waals surface area contributed by atoms with Crippen molar-refractivity contribution in [1.82, 2.24) is 9.88 Å². The van der Waals surface area contributed by atoms with E-state index in [1.54, 1.807) is 4.90 Å². The van der Waals surface area contributed by atoms with Crippen molar-refractivity contribution in [3.8, 4) is 0 Å². The number of likely N-dealkylation sites (tertiary alicyclic amines) is 1. The molecule has 0 radical (unpaired) electrons. The Labute approximate surface area is 120 Å². The molecule has 1 atom stereocenters. The van der Waals surface area contributed by atoms with Crippen molar-refractivity contribution >= 4 is 11.8 Å². The molecule has 2 rings (SSSR count). The SMILES string of the molecule is Cc1ccc(NC2CCN(C(=O)OC(C)(C)C)C2)cn1. The maximum atomic E-state index is 12.0. The number of aryl methyl sites for hydroxylation is 1. The minimum Gasteiger partial charge on any atom is -0.444 e. The van der Waals surface area contributed by atoms with Crippen LogP contribution in [0.5, 0.6) is 0 Å². The molecular formula is C15H23N3O2. The number of hydrogen-bond acceptors (Lipinski definition) is 4. The highest BCUT2D eigenvalue weighted by atomic mass is 16.6. The number of aromatic nitrogens is 1. The summed E-state index contributed by atoms with van der Waals surface area (Å²) >= 11 is 0. The van der Waals surface area contributed by atoms with E-state index in [0.29, 0.717) is 6.54 Å². The quantitative estimate of drug-likeness (QED) is 0.903. The lowest BCUT2D eigenvalue weighted by Gasteiger charge is -2.24. The first-order chi connectivity index (χ1) is 9.33. The molecule has 1 aliphatic heterocycles. The Morgan fingerprint density at radius 1 is 1.45 bits per heavy atom. The fourth-order valence-corrected chi connectivity index (χ4v) is 2.16. The van der Waals surface area contributed by atoms with Crippen LogP contribution in [0.15, 0.2) is 18.3 Å². The highest BCUT2D eigenvalue weighted by Gasteiger charge is 2.29. The van der Waals surface area contributed by atoms with Crippen LogP contribution in [0, 0.1) is 6.92 Å². The molecule has 0 aromatic carbocycles. The van der Waals surface area contributed by atoms with Crippen LogP contribution >= 0.6 is 0 Å². The average Bonchev–Trinajstić information content (AvgIpc) is 2.79. The normalized spacial score (nSPS) is 19.0. The summed E-state index contributed by atoms with van der Waals surface area (Å²) in [6.45, 7) is 9.01. The van der Waals surface area contributed by atoms with Crippen LogP contribution in [0.2, 0.25) is 0 Å². The van der Waals surface area contributed by atoms with Crippen LogP contribution in [0.3, 0.4) is 0 Å². The molecule has 0 spiro atoms. The Balaban J connectivity index is 1.86. The van der Waals surface area contributed by atoms with Crippen molar-refractivity contribution < 1.29 is 9.53 Å². The third kappa shape index (κ3) is 4.11. The first-order valence-electron chi connectivity index (χ1n) is 7.00. The number of nitrogens with one attached hydrogen (secondary N) is 1. The lowest BCUT2D eigenvalue weighted by Crippen LogP contribution is -2.36. The van der Waals surface area contributed by atoms with Crippen LogP contribution in [0.1, 0.15) is 32.9 Å². The molecule has 1 saturated heterocycles. The van der Waals surface area contributed by atoms with Gasteiger partial charge in [0.1, 0.15) is 5.60 Å². The van der Waals surface area contributed by atoms with Gasteiger partial charge in [-0.3, -0.25) is 4.98 Å². The highest BCUT2D eigenvalue weighted by molar-refractivity contribution is 5.68. The van der Waals surface area contributed by atoms with Gasteiger partial charge in [0.05, 0.1) is 11.9 Å². The van der Waals surface area contributed by atoms with Crippen LogP contribution in [0.4, 0.5) is 10.5 Å². The average molecular weight is 277 g/mol. The Morgan fingerprint density at radius 3 is 2.80 bits per heavy atom. The molecule has 110 valence electrons. The molecule has 1 aliphatic rings. The van der Waals surface area contributed by atoms with Gasteiger partial charge in [0, 0.05) is 24.8 Å². The number of carbonyl (C=O) groups is 1. The molecule has 1 N–H and O–H groups in total. The van der Waals surface area contributed by atoms with Crippen molar-refractivity contribution in [3.63, 3.8) is 0 Å². The zero-order chi connectivity index (χ0) is 14.8. The molecule has 1 amide bonds. The fourth-order valence-electron chi connectivity index (χ4n) is 2.16. The molecule has 20 heavy (non-hydrogen) atoms. The number of ether oxygens (including phenoxy) is 1. The third-order valence-corrected chi connectivity index (χ3v) is 3.12. The molecule has 0 aliphatic carbocycles. The van der Waals surface area contributed by atoms with Gasteiger partial charge < -0.3 is 15.0 Å². The second-order valence-electron chi connectivity index (χ2n) is 6.24. The van der Waals surface area contributed by atoms with E-state index in [2.05, 4.69) is 10.3 Å². The Morgan fingerprint density at radius 2 is 2.20 bits per heavy atom. The van der Waals surface area contributed by atoms with E-state index in [-0.39, 0.29) is 12.1 Å². The first-order valence-corrected chi connectivity index (χ1v) is 7.00. The maximum absolute atomic E-state index is 12.0.